The number of esters is 1. The Morgan fingerprint density at radius 3 is 2.41 bits per heavy atom. The van der Waals surface area contributed by atoms with Gasteiger partial charge in [-0.2, -0.15) is 0 Å². The molecule has 0 heterocycles. The van der Waals surface area contributed by atoms with Crippen molar-refractivity contribution in [3.05, 3.63) is 77.4 Å². The number of benzene rings is 3. The second-order valence-electron chi connectivity index (χ2n) is 5.08. The summed E-state index contributed by atoms with van der Waals surface area (Å²) in [6, 6.07) is 18.1. The number of hydrogen-bond donors (Lipinski definition) is 0. The highest BCUT2D eigenvalue weighted by Gasteiger charge is 2.14. The highest BCUT2D eigenvalue weighted by Crippen LogP contribution is 2.29. The van der Waals surface area contributed by atoms with Gasteiger partial charge in [-0.15, -0.1) is 0 Å². The molecule has 0 saturated heterocycles. The minimum absolute atomic E-state index is 0.304. The Morgan fingerprint density at radius 2 is 1.68 bits per heavy atom. The average molecular weight is 290 g/mol. The maximum Gasteiger partial charge on any atom is 0.343 e. The lowest BCUT2D eigenvalue weighted by molar-refractivity contribution is 0.0736. The van der Waals surface area contributed by atoms with Crippen LogP contribution in [0.15, 0.2) is 60.7 Å². The molecule has 0 aliphatic rings. The molecule has 0 radical (unpaired) electrons. The van der Waals surface area contributed by atoms with E-state index in [9.17, 15) is 9.59 Å². The first-order chi connectivity index (χ1) is 10.7. The van der Waals surface area contributed by atoms with E-state index < -0.39 is 5.97 Å². The van der Waals surface area contributed by atoms with Crippen LogP contribution in [0.2, 0.25) is 0 Å². The number of ether oxygens (including phenoxy) is 1. The van der Waals surface area contributed by atoms with E-state index in [1.807, 2.05) is 49.4 Å². The van der Waals surface area contributed by atoms with Gasteiger partial charge in [-0.3, -0.25) is 4.79 Å². The second kappa shape index (κ2) is 5.82. The largest absolute Gasteiger partial charge is 0.421 e. The molecular weight excluding hydrogens is 276 g/mol. The summed E-state index contributed by atoms with van der Waals surface area (Å²) in [5, 5.41) is 1.66. The summed E-state index contributed by atoms with van der Waals surface area (Å²) in [6.07, 6.45) is 0.699. The smallest absolute Gasteiger partial charge is 0.343 e. The van der Waals surface area contributed by atoms with Crippen molar-refractivity contribution in [3.63, 3.8) is 0 Å². The summed E-state index contributed by atoms with van der Waals surface area (Å²) in [4.78, 5) is 23.5. The van der Waals surface area contributed by atoms with Crippen LogP contribution in [-0.4, -0.2) is 12.3 Å². The van der Waals surface area contributed by atoms with Gasteiger partial charge in [0, 0.05) is 5.39 Å². The summed E-state index contributed by atoms with van der Waals surface area (Å²) < 4.78 is 5.51. The van der Waals surface area contributed by atoms with E-state index in [2.05, 4.69) is 0 Å². The van der Waals surface area contributed by atoms with Gasteiger partial charge in [-0.05, 0) is 30.5 Å². The van der Waals surface area contributed by atoms with Gasteiger partial charge in [0.05, 0.1) is 11.1 Å². The van der Waals surface area contributed by atoms with E-state index in [4.69, 9.17) is 4.74 Å². The number of aldehydes is 1. The SMILES string of the molecule is Cc1ccc(C(=O)Oc2c(C=O)ccc3ccccc23)cc1. The van der Waals surface area contributed by atoms with Crippen molar-refractivity contribution in [2.24, 2.45) is 0 Å². The van der Waals surface area contributed by atoms with Gasteiger partial charge in [-0.25, -0.2) is 4.79 Å². The Kier molecular flexibility index (Phi) is 3.71. The third-order valence-corrected chi connectivity index (χ3v) is 3.52. The van der Waals surface area contributed by atoms with Gasteiger partial charge < -0.3 is 4.74 Å². The van der Waals surface area contributed by atoms with Gasteiger partial charge in [0.1, 0.15) is 5.75 Å². The molecule has 3 heteroatoms. The predicted octanol–water partition coefficient (Wildman–Crippen LogP) is 4.18. The number of hydrogen-bond acceptors (Lipinski definition) is 3. The van der Waals surface area contributed by atoms with Crippen LogP contribution in [-0.2, 0) is 0 Å². The first kappa shape index (κ1) is 14.0. The van der Waals surface area contributed by atoms with E-state index in [0.717, 1.165) is 16.3 Å². The van der Waals surface area contributed by atoms with Crippen LogP contribution in [0.1, 0.15) is 26.3 Å². The predicted molar refractivity (Wildman–Crippen MR) is 85.5 cm³/mol. The van der Waals surface area contributed by atoms with Crippen LogP contribution in [0, 0.1) is 6.92 Å². The van der Waals surface area contributed by atoms with Crippen molar-refractivity contribution in [3.8, 4) is 5.75 Å². The Labute approximate surface area is 128 Å². The van der Waals surface area contributed by atoms with Crippen LogP contribution in [0.3, 0.4) is 0 Å². The third-order valence-electron chi connectivity index (χ3n) is 3.52. The number of fused-ring (bicyclic) bond motifs is 1. The zero-order valence-electron chi connectivity index (χ0n) is 12.1. The zero-order chi connectivity index (χ0) is 15.5. The Bertz CT molecular complexity index is 848. The van der Waals surface area contributed by atoms with Crippen LogP contribution < -0.4 is 4.74 Å². The minimum atomic E-state index is -0.473. The monoisotopic (exact) mass is 290 g/mol. The molecule has 0 aliphatic heterocycles. The van der Waals surface area contributed by atoms with Gasteiger partial charge in [0.25, 0.3) is 0 Å². The maximum atomic E-state index is 12.3. The molecular formula is C19H14O3. The van der Waals surface area contributed by atoms with Gasteiger partial charge in [0.15, 0.2) is 6.29 Å². The van der Waals surface area contributed by atoms with Crippen LogP contribution in [0.4, 0.5) is 0 Å². The molecule has 0 aromatic heterocycles. The quantitative estimate of drug-likeness (QED) is 0.413. The fourth-order valence-corrected chi connectivity index (χ4v) is 2.31. The lowest BCUT2D eigenvalue weighted by Gasteiger charge is -2.10. The van der Waals surface area contributed by atoms with Crippen molar-refractivity contribution in [2.75, 3.05) is 0 Å². The van der Waals surface area contributed by atoms with Crippen molar-refractivity contribution < 1.29 is 14.3 Å². The molecule has 0 bridgehead atoms. The molecule has 3 aromatic rings. The first-order valence-electron chi connectivity index (χ1n) is 6.95. The van der Waals surface area contributed by atoms with E-state index >= 15 is 0 Å². The van der Waals surface area contributed by atoms with Crippen molar-refractivity contribution in [1.82, 2.24) is 0 Å². The zero-order valence-corrected chi connectivity index (χ0v) is 12.1. The van der Waals surface area contributed by atoms with Crippen molar-refractivity contribution in [2.45, 2.75) is 6.92 Å². The van der Waals surface area contributed by atoms with Gasteiger partial charge >= 0.3 is 5.97 Å². The standard InChI is InChI=1S/C19H14O3/c1-13-6-8-15(9-7-13)19(21)22-18-16(12-20)11-10-14-4-2-3-5-17(14)18/h2-12H,1H3. The first-order valence-corrected chi connectivity index (χ1v) is 6.95. The highest BCUT2D eigenvalue weighted by atomic mass is 16.5. The topological polar surface area (TPSA) is 43.4 Å². The molecule has 3 rings (SSSR count). The molecule has 0 amide bonds. The summed E-state index contributed by atoms with van der Waals surface area (Å²) in [5.41, 5.74) is 1.88. The van der Waals surface area contributed by atoms with Crippen LogP contribution in [0.5, 0.6) is 5.75 Å². The molecule has 3 nitrogen and oxygen atoms in total. The maximum absolute atomic E-state index is 12.3. The van der Waals surface area contributed by atoms with Crippen molar-refractivity contribution >= 4 is 23.0 Å². The number of carbonyl (C=O) groups excluding carboxylic acids is 2. The molecule has 0 unspecified atom stereocenters. The lowest BCUT2D eigenvalue weighted by atomic mass is 10.1. The Hall–Kier alpha value is -2.94. The summed E-state index contributed by atoms with van der Waals surface area (Å²) in [7, 11) is 0. The summed E-state index contributed by atoms with van der Waals surface area (Å²) in [5.74, 6) is -0.168. The van der Waals surface area contributed by atoms with E-state index in [-0.39, 0.29) is 0 Å². The molecule has 0 saturated carbocycles. The van der Waals surface area contributed by atoms with Gasteiger partial charge in [0.2, 0.25) is 0 Å². The third kappa shape index (κ3) is 2.61. The summed E-state index contributed by atoms with van der Waals surface area (Å²) in [6.45, 7) is 1.95. The fraction of sp³-hybridized carbons (Fsp3) is 0.0526. The highest BCUT2D eigenvalue weighted by molar-refractivity contribution is 6.00. The normalized spacial score (nSPS) is 10.4. The number of rotatable bonds is 3. The molecule has 0 spiro atoms. The van der Waals surface area contributed by atoms with E-state index in [0.29, 0.717) is 23.2 Å². The molecule has 0 aliphatic carbocycles. The van der Waals surface area contributed by atoms with E-state index in [1.54, 1.807) is 18.2 Å². The summed E-state index contributed by atoms with van der Waals surface area (Å²) >= 11 is 0. The molecule has 108 valence electrons. The van der Waals surface area contributed by atoms with Gasteiger partial charge in [-0.1, -0.05) is 48.0 Å². The number of aryl methyl sites for hydroxylation is 1. The number of carbonyl (C=O) groups is 2. The van der Waals surface area contributed by atoms with E-state index in [1.165, 1.54) is 0 Å². The minimum Gasteiger partial charge on any atom is -0.421 e. The van der Waals surface area contributed by atoms with Crippen LogP contribution in [0.25, 0.3) is 10.8 Å². The van der Waals surface area contributed by atoms with Crippen LogP contribution >= 0.6 is 0 Å². The molecule has 0 fully saturated rings. The lowest BCUT2D eigenvalue weighted by Crippen LogP contribution is -2.10. The second-order valence-corrected chi connectivity index (χ2v) is 5.08. The molecule has 0 N–H and O–H groups in total. The molecule has 22 heavy (non-hydrogen) atoms. The fourth-order valence-electron chi connectivity index (χ4n) is 2.31. The molecule has 3 aromatic carbocycles. The average Bonchev–Trinajstić information content (AvgIpc) is 2.55. The Balaban J connectivity index is 2.04. The van der Waals surface area contributed by atoms with Crippen molar-refractivity contribution in [1.29, 1.82) is 0 Å². The molecule has 0 atom stereocenters. The Morgan fingerprint density at radius 1 is 0.955 bits per heavy atom.